The molecule has 0 aromatic carbocycles. The Kier molecular flexibility index (Phi) is 3.41. The smallest absolute Gasteiger partial charge is 0.168 e. The van der Waals surface area contributed by atoms with E-state index in [9.17, 15) is 14.5 Å². The molecule has 1 rings (SSSR count). The molecule has 0 N–H and O–H groups in total. The molecule has 0 amide bonds. The van der Waals surface area contributed by atoms with Gasteiger partial charge in [0.1, 0.15) is 12.0 Å². The molecule has 2 unspecified atom stereocenters. The largest absolute Gasteiger partial charge is 0.298 e. The van der Waals surface area contributed by atoms with Gasteiger partial charge >= 0.3 is 0 Å². The highest BCUT2D eigenvalue weighted by Crippen LogP contribution is 2.33. The van der Waals surface area contributed by atoms with Crippen molar-refractivity contribution in [2.45, 2.75) is 33.7 Å². The van der Waals surface area contributed by atoms with E-state index in [0.29, 0.717) is 0 Å². The molecular formula is C12H17NO3. The second-order valence-electron chi connectivity index (χ2n) is 5.14. The van der Waals surface area contributed by atoms with E-state index >= 15 is 0 Å². The molecule has 0 aromatic heterocycles. The number of nitroso groups, excluding NO2 is 1. The normalized spacial score (nSPS) is 25.9. The van der Waals surface area contributed by atoms with Crippen LogP contribution in [0.15, 0.2) is 17.3 Å². The molecule has 4 nitrogen and oxygen atoms in total. The summed E-state index contributed by atoms with van der Waals surface area (Å²) in [5.74, 6) is -1.53. The molecule has 0 fully saturated rings. The van der Waals surface area contributed by atoms with Gasteiger partial charge in [0.2, 0.25) is 0 Å². The summed E-state index contributed by atoms with van der Waals surface area (Å²) in [6.07, 6.45) is 2.99. The van der Waals surface area contributed by atoms with E-state index in [1.165, 1.54) is 6.08 Å². The summed E-state index contributed by atoms with van der Waals surface area (Å²) < 4.78 is 0. The summed E-state index contributed by atoms with van der Waals surface area (Å²) in [6.45, 7) is 7.07. The highest BCUT2D eigenvalue weighted by atomic mass is 16.3. The minimum atomic E-state index is -0.905. The molecule has 0 spiro atoms. The average molecular weight is 223 g/mol. The standard InChI is InChI=1S/C12H17NO3/c1-7(2)10(13-16)9-8(14)5-6-12(3,4)11(9)15/h5-7,9-10H,1-4H3. The molecule has 4 heteroatoms. The van der Waals surface area contributed by atoms with Gasteiger partial charge in [0.05, 0.1) is 0 Å². The van der Waals surface area contributed by atoms with Crippen molar-refractivity contribution in [1.29, 1.82) is 0 Å². The summed E-state index contributed by atoms with van der Waals surface area (Å²) in [7, 11) is 0. The number of hydrogen-bond acceptors (Lipinski definition) is 4. The summed E-state index contributed by atoms with van der Waals surface area (Å²) in [6, 6.07) is -0.760. The number of Topliss-reactive ketones (excluding diaryl/α,β-unsaturated/α-hetero) is 1. The predicted octanol–water partition coefficient (Wildman–Crippen LogP) is 2.13. The van der Waals surface area contributed by atoms with E-state index in [2.05, 4.69) is 5.18 Å². The van der Waals surface area contributed by atoms with Crippen molar-refractivity contribution in [3.8, 4) is 0 Å². The zero-order valence-corrected chi connectivity index (χ0v) is 10.1. The first-order valence-electron chi connectivity index (χ1n) is 5.41. The molecule has 0 aromatic rings. The fourth-order valence-electron chi connectivity index (χ4n) is 1.90. The van der Waals surface area contributed by atoms with Crippen molar-refractivity contribution >= 4 is 11.6 Å². The van der Waals surface area contributed by atoms with E-state index in [4.69, 9.17) is 0 Å². The number of rotatable bonds is 3. The maximum atomic E-state index is 12.1. The highest BCUT2D eigenvalue weighted by molar-refractivity contribution is 6.13. The maximum Gasteiger partial charge on any atom is 0.168 e. The fourth-order valence-corrected chi connectivity index (χ4v) is 1.90. The Morgan fingerprint density at radius 1 is 1.31 bits per heavy atom. The van der Waals surface area contributed by atoms with Gasteiger partial charge < -0.3 is 0 Å². The van der Waals surface area contributed by atoms with E-state index in [0.717, 1.165) is 0 Å². The van der Waals surface area contributed by atoms with Crippen LogP contribution in [-0.4, -0.2) is 17.6 Å². The van der Waals surface area contributed by atoms with Crippen LogP contribution in [0.3, 0.4) is 0 Å². The van der Waals surface area contributed by atoms with Gasteiger partial charge in [-0.05, 0) is 25.8 Å². The van der Waals surface area contributed by atoms with Crippen molar-refractivity contribution in [2.24, 2.45) is 22.4 Å². The van der Waals surface area contributed by atoms with Gasteiger partial charge in [0.15, 0.2) is 11.6 Å². The number of nitrogens with zero attached hydrogens (tertiary/aromatic N) is 1. The Morgan fingerprint density at radius 3 is 2.31 bits per heavy atom. The Balaban J connectivity index is 3.13. The molecule has 1 aliphatic carbocycles. The lowest BCUT2D eigenvalue weighted by Crippen LogP contribution is -2.44. The van der Waals surface area contributed by atoms with Crippen LogP contribution >= 0.6 is 0 Å². The molecule has 0 aliphatic heterocycles. The molecule has 0 saturated heterocycles. The summed E-state index contributed by atoms with van der Waals surface area (Å²) in [5.41, 5.74) is -0.684. The molecule has 2 atom stereocenters. The van der Waals surface area contributed by atoms with E-state index < -0.39 is 17.4 Å². The Hall–Kier alpha value is -1.32. The SMILES string of the molecule is CC(C)C(N=O)C1C(=O)C=CC(C)(C)C1=O. The fraction of sp³-hybridized carbons (Fsp3) is 0.667. The molecule has 0 radical (unpaired) electrons. The first kappa shape index (κ1) is 12.7. The maximum absolute atomic E-state index is 12.1. The minimum absolute atomic E-state index is 0.113. The number of carbonyl (C=O) groups excluding carboxylic acids is 2. The zero-order chi connectivity index (χ0) is 12.5. The molecular weight excluding hydrogens is 206 g/mol. The number of hydrogen-bond donors (Lipinski definition) is 0. The highest BCUT2D eigenvalue weighted by Gasteiger charge is 2.44. The number of allylic oxidation sites excluding steroid dienone is 2. The van der Waals surface area contributed by atoms with Crippen molar-refractivity contribution < 1.29 is 9.59 Å². The third-order valence-electron chi connectivity index (χ3n) is 3.03. The lowest BCUT2D eigenvalue weighted by atomic mass is 9.70. The second-order valence-corrected chi connectivity index (χ2v) is 5.14. The topological polar surface area (TPSA) is 63.6 Å². The summed E-state index contributed by atoms with van der Waals surface area (Å²) >= 11 is 0. The Labute approximate surface area is 95.1 Å². The van der Waals surface area contributed by atoms with Crippen LogP contribution in [0.2, 0.25) is 0 Å². The lowest BCUT2D eigenvalue weighted by molar-refractivity contribution is -0.137. The second kappa shape index (κ2) is 4.28. The van der Waals surface area contributed by atoms with E-state index in [1.807, 2.05) is 0 Å². The molecule has 0 saturated carbocycles. The zero-order valence-electron chi connectivity index (χ0n) is 10.1. The minimum Gasteiger partial charge on any atom is -0.298 e. The Morgan fingerprint density at radius 2 is 1.88 bits per heavy atom. The monoisotopic (exact) mass is 223 g/mol. The van der Waals surface area contributed by atoms with E-state index in [1.54, 1.807) is 33.8 Å². The third kappa shape index (κ3) is 2.10. The first-order valence-corrected chi connectivity index (χ1v) is 5.41. The molecule has 1 aliphatic rings. The molecule has 88 valence electrons. The van der Waals surface area contributed by atoms with Gasteiger partial charge in [-0.1, -0.05) is 25.1 Å². The van der Waals surface area contributed by atoms with Crippen LogP contribution in [0, 0.1) is 22.2 Å². The van der Waals surface area contributed by atoms with Gasteiger partial charge in [-0.2, -0.15) is 4.91 Å². The van der Waals surface area contributed by atoms with Gasteiger partial charge in [-0.3, -0.25) is 9.59 Å². The molecule has 0 heterocycles. The van der Waals surface area contributed by atoms with Crippen molar-refractivity contribution in [3.05, 3.63) is 17.1 Å². The number of ketones is 2. The lowest BCUT2D eigenvalue weighted by Gasteiger charge is -2.31. The van der Waals surface area contributed by atoms with Gasteiger partial charge in [0.25, 0.3) is 0 Å². The van der Waals surface area contributed by atoms with Crippen LogP contribution in [0.25, 0.3) is 0 Å². The number of carbonyl (C=O) groups is 2. The first-order chi connectivity index (χ1) is 7.31. The van der Waals surface area contributed by atoms with Crippen molar-refractivity contribution in [3.63, 3.8) is 0 Å². The van der Waals surface area contributed by atoms with E-state index in [-0.39, 0.29) is 17.5 Å². The summed E-state index contributed by atoms with van der Waals surface area (Å²) in [4.78, 5) is 34.6. The third-order valence-corrected chi connectivity index (χ3v) is 3.03. The van der Waals surface area contributed by atoms with Crippen LogP contribution in [0.4, 0.5) is 0 Å². The predicted molar refractivity (Wildman–Crippen MR) is 60.8 cm³/mol. The quantitative estimate of drug-likeness (QED) is 0.544. The van der Waals surface area contributed by atoms with Crippen LogP contribution in [0.5, 0.6) is 0 Å². The van der Waals surface area contributed by atoms with Gasteiger partial charge in [-0.25, -0.2) is 0 Å². The van der Waals surface area contributed by atoms with Crippen LogP contribution < -0.4 is 0 Å². The van der Waals surface area contributed by atoms with Crippen LogP contribution in [-0.2, 0) is 9.59 Å². The van der Waals surface area contributed by atoms with Gasteiger partial charge in [0, 0.05) is 5.41 Å². The van der Waals surface area contributed by atoms with Crippen molar-refractivity contribution in [2.75, 3.05) is 0 Å². The Bertz CT molecular complexity index is 355. The van der Waals surface area contributed by atoms with Crippen molar-refractivity contribution in [1.82, 2.24) is 0 Å². The van der Waals surface area contributed by atoms with Gasteiger partial charge in [-0.15, -0.1) is 0 Å². The average Bonchev–Trinajstić information content (AvgIpc) is 2.19. The molecule has 0 bridgehead atoms. The molecule has 16 heavy (non-hydrogen) atoms. The van der Waals surface area contributed by atoms with Crippen LogP contribution in [0.1, 0.15) is 27.7 Å². The summed E-state index contributed by atoms with van der Waals surface area (Å²) in [5, 5.41) is 2.95.